The number of benzene rings is 6. The van der Waals surface area contributed by atoms with Crippen LogP contribution < -0.4 is 118 Å². The number of nitrogens with zero attached hydrogens (tertiary/aromatic N) is 2. The van der Waals surface area contributed by atoms with E-state index in [2.05, 4.69) is 36.6 Å². The summed E-state index contributed by atoms with van der Waals surface area (Å²) in [4.78, 5) is 158. The Morgan fingerprint density at radius 2 is 0.746 bits per heavy atom. The van der Waals surface area contributed by atoms with Gasteiger partial charge in [-0.1, -0.05) is 129 Å². The van der Waals surface area contributed by atoms with E-state index in [-0.39, 0.29) is 168 Å². The van der Waals surface area contributed by atoms with E-state index >= 15 is 0 Å². The van der Waals surface area contributed by atoms with Crippen LogP contribution in [0.15, 0.2) is 156 Å². The van der Waals surface area contributed by atoms with Crippen LogP contribution in [0.5, 0.6) is 11.5 Å². The van der Waals surface area contributed by atoms with Gasteiger partial charge in [-0.2, -0.15) is 0 Å². The van der Waals surface area contributed by atoms with Crippen molar-refractivity contribution in [2.24, 2.45) is 73.8 Å². The van der Waals surface area contributed by atoms with E-state index in [4.69, 9.17) is 65.3 Å². The van der Waals surface area contributed by atoms with Gasteiger partial charge < -0.3 is 99.6 Å². The molecule has 0 heterocycles. The Hall–Kier alpha value is -10.5. The van der Waals surface area contributed by atoms with Crippen LogP contribution in [0.3, 0.4) is 0 Å². The van der Waals surface area contributed by atoms with Crippen molar-refractivity contribution < 1.29 is 140 Å². The average molecular weight is 1720 g/mol. The molecule has 4 radical (unpaired) electrons. The number of amides is 7. The molecule has 122 heavy (non-hydrogen) atoms. The molecule has 0 saturated heterocycles. The summed E-state index contributed by atoms with van der Waals surface area (Å²) in [7, 11) is 0. The van der Waals surface area contributed by atoms with Crippen LogP contribution in [0.4, 0.5) is 14.4 Å². The fourth-order valence-corrected chi connectivity index (χ4v) is 12.9. The second kappa shape index (κ2) is 57.0. The van der Waals surface area contributed by atoms with Gasteiger partial charge in [0.2, 0.25) is 23.6 Å². The fraction of sp³-hybridized carbons (Fsp3) is 0.456. The average Bonchev–Trinajstić information content (AvgIpc) is 0.797. The number of aromatic hydroxyl groups is 2. The van der Waals surface area contributed by atoms with Crippen LogP contribution in [0.1, 0.15) is 184 Å². The van der Waals surface area contributed by atoms with E-state index < -0.39 is 196 Å². The number of nitrogens with two attached hydrogens (primary N) is 7. The minimum Gasteiger partial charge on any atom is -1.00 e. The topological polar surface area (TPSA) is 523 Å². The van der Waals surface area contributed by atoms with E-state index in [1.54, 1.807) is 170 Å². The smallest absolute Gasteiger partial charge is 1.00 e. The van der Waals surface area contributed by atoms with E-state index in [1.165, 1.54) is 24.3 Å². The van der Waals surface area contributed by atoms with Gasteiger partial charge in [0.1, 0.15) is 30.3 Å². The first-order valence-corrected chi connectivity index (χ1v) is 39.2. The van der Waals surface area contributed by atoms with Gasteiger partial charge in [0.05, 0.1) is 24.2 Å². The summed E-state index contributed by atoms with van der Waals surface area (Å²) in [6.07, 6.45) is -17.6. The number of hydrogen-bond acceptors (Lipinski definition) is 19. The number of ketones is 4. The molecule has 32 heteroatoms. The molecule has 0 spiro atoms. The number of rotatable bonds is 49. The number of carbonyl (C=O) groups is 11. The number of ether oxygens (including phenoxy) is 3. The van der Waals surface area contributed by atoms with Crippen molar-refractivity contribution in [3.8, 4) is 11.5 Å². The number of carbonyl (C=O) groups excluding carboxylic acids is 11. The largest absolute Gasteiger partial charge is 1.00 e. The maximum Gasteiger partial charge on any atom is 1.00 e. The molecule has 21 N–H and O–H groups in total. The van der Waals surface area contributed by atoms with E-state index in [0.717, 1.165) is 0 Å². The molecule has 8 atom stereocenters. The Kier molecular flexibility index (Phi) is 43.8. The van der Waals surface area contributed by atoms with Crippen LogP contribution in [0, 0.1) is 51.4 Å². The molecule has 0 bridgehead atoms. The predicted molar refractivity (Wildman–Crippen MR) is 468 cm³/mol. The molecular weight excluding hydrogens is 1580 g/mol. The van der Waals surface area contributed by atoms with Gasteiger partial charge >= 0.3 is 69.7 Å². The monoisotopic (exact) mass is 1720 g/mol. The predicted octanol–water partition coefficient (Wildman–Crippen LogP) is 5.61. The minimum atomic E-state index is -2.93. The summed E-state index contributed by atoms with van der Waals surface area (Å²) in [5, 5.41) is 33.1. The summed E-state index contributed by atoms with van der Waals surface area (Å²) in [5.41, 5.74) is 44.3. The summed E-state index contributed by atoms with van der Waals surface area (Å²) < 4.78 is 84.9. The third-order valence-electron chi connectivity index (χ3n) is 19.0. The van der Waals surface area contributed by atoms with E-state index in [9.17, 15) is 63.0 Å². The van der Waals surface area contributed by atoms with Gasteiger partial charge in [0.25, 0.3) is 0 Å². The van der Waals surface area contributed by atoms with Gasteiger partial charge in [-0.3, -0.25) is 48.3 Å². The van der Waals surface area contributed by atoms with Crippen LogP contribution in [-0.2, 0) is 91.5 Å². The quantitative estimate of drug-likeness (QED) is 0.00725. The Morgan fingerprint density at radius 3 is 1.06 bits per heavy atom. The molecule has 0 aliphatic carbocycles. The summed E-state index contributed by atoms with van der Waals surface area (Å²) >= 11 is 0. The van der Waals surface area contributed by atoms with Crippen LogP contribution >= 0.6 is 0 Å². The minimum absolute atomic E-state index is 0. The molecule has 0 saturated carbocycles. The van der Waals surface area contributed by atoms with Crippen molar-refractivity contribution >= 4 is 85.4 Å². The van der Waals surface area contributed by atoms with E-state index in [1.807, 2.05) is 0 Å². The first-order valence-electron chi connectivity index (χ1n) is 43.2. The molecule has 0 aliphatic heterocycles. The van der Waals surface area contributed by atoms with Crippen molar-refractivity contribution in [3.63, 3.8) is 0 Å². The normalized spacial score (nSPS) is 14.2. The standard InChI is InChI=1S/C47H65N7O9.C42H57N7O7.CH4.B.K/c1-30-23-36(55)24-31(2)37(30)26-35(28-41(57)39(20-14-22-51-44(49)50)54-46(61)62-29-33-17-10-7-11-18-33)43(59)53-38(19-12-13-21-52-45(60)63-47(3,4)5)40(56)27-34(42(48)58)25-32-15-8-6-9-16-32;1-27-20-33(50)21-28(2)34(27)23-32(25-38(52)36(17-11-19-47-41(45)46)49-42(55)56-26-30-14-7-4-8-15-30)40(54)48-35(16-9-10-18-43)37(51)24-31(39(44)53)22-29-12-5-3-6-13-29;;;/h6-11,15-18,23-24,34-35,38-39,55H,12-14,19-22,25-29H2,1-5H3,(H2,48,58)(H,52,60)(H,53,59)(H,54,61)(H4,49,50,51);3-8,12-15,20-21,31-32,35-36,50H,9-11,16-19,22-26,43H2,1-2H3,(H2,44,53)(H,48,54)(H,49,55)(H4,45,46,47);1H4;;/q;;;-1;+1/t34-,35-,38+,39-;31-,32-,35+,36-;;;/m11.../s1/i12D2,13D2;9D2,10D2;;;. The summed E-state index contributed by atoms with van der Waals surface area (Å²) in [5.74, 6) is -11.4. The van der Waals surface area contributed by atoms with E-state index in [0.29, 0.717) is 55.6 Å². The summed E-state index contributed by atoms with van der Waals surface area (Å²) in [6, 6.07) is 35.2. The summed E-state index contributed by atoms with van der Waals surface area (Å²) in [6.45, 7) is 10.00. The Bertz CT molecular complexity index is 4730. The Labute approximate surface area is 773 Å². The zero-order valence-electron chi connectivity index (χ0n) is 78.2. The number of guanidine groups is 2. The van der Waals surface area contributed by atoms with Crippen molar-refractivity contribution in [1.82, 2.24) is 26.6 Å². The molecular formula is C90H126BKN14O16. The number of phenols is 2. The number of hydrogen-bond donors (Lipinski definition) is 14. The van der Waals surface area contributed by atoms with Gasteiger partial charge in [-0.25, -0.2) is 14.4 Å². The molecule has 656 valence electrons. The molecule has 6 rings (SSSR count). The number of phenolic OH excluding ortho intramolecular Hbond substituents is 2. The van der Waals surface area contributed by atoms with Gasteiger partial charge in [-0.05, 0) is 225 Å². The van der Waals surface area contributed by atoms with Crippen molar-refractivity contribution in [2.45, 2.75) is 214 Å². The van der Waals surface area contributed by atoms with Crippen molar-refractivity contribution in [3.05, 3.63) is 201 Å². The molecule has 6 aromatic carbocycles. The zero-order chi connectivity index (χ0) is 94.7. The van der Waals surface area contributed by atoms with Gasteiger partial charge in [-0.15, -0.1) is 0 Å². The second-order valence-corrected chi connectivity index (χ2v) is 29.9. The number of aliphatic imine (C=N–C) groups is 2. The van der Waals surface area contributed by atoms with Crippen molar-refractivity contribution in [2.75, 3.05) is 26.2 Å². The zero-order valence-corrected chi connectivity index (χ0v) is 73.4. The SMILES string of the molecule is C.[2H]C([2H])(CN)C([2H])([2H])C[C@H](NC(=O)[C@@H](CC(=O)[C@@H](CCCN=C(N)N)NC(=O)OCc1ccccc1)Cc1c(C)cc(O)cc1C)C(=O)C[C@@H](Cc1ccccc1)C(N)=O.[2H]C([2H])(CNC(=O)OC(C)(C)C)C([2H])([2H])C[C@H](NC(=O)[C@@H](CC(=O)[C@@H](CCCN=C(N)N)NC(=O)OCc1ccccc1)Cc1c(C)cc(O)cc1C)C(=O)C[C@@H](Cc1ccccc1)C(N)=O.[B-].[K+]. The molecule has 0 fully saturated rings. The molecule has 0 unspecified atom stereocenters. The van der Waals surface area contributed by atoms with Crippen LogP contribution in [0.25, 0.3) is 0 Å². The fourth-order valence-electron chi connectivity index (χ4n) is 12.9. The van der Waals surface area contributed by atoms with Crippen molar-refractivity contribution in [1.29, 1.82) is 0 Å². The number of alkyl carbamates (subject to hydrolysis) is 3. The maximum atomic E-state index is 14.7. The van der Waals surface area contributed by atoms with Crippen LogP contribution in [-0.4, -0.2) is 152 Å². The molecule has 0 aliphatic rings. The Balaban J connectivity index is 0.000000865. The maximum absolute atomic E-state index is 14.7. The number of nitrogens with one attached hydrogen (secondary N) is 5. The third-order valence-corrected chi connectivity index (χ3v) is 19.0. The first-order chi connectivity index (χ1) is 59.5. The molecule has 0 aromatic heterocycles. The number of Topliss-reactive ketones (excluding diaryl/α,β-unsaturated/α-hetero) is 4. The van der Waals surface area contributed by atoms with Crippen LogP contribution in [0.2, 0.25) is 0 Å². The number of primary amides is 2. The first kappa shape index (κ1) is 93.8. The van der Waals surface area contributed by atoms with Gasteiger partial charge in [0, 0.05) is 80.0 Å². The molecule has 6 aromatic rings. The second-order valence-electron chi connectivity index (χ2n) is 29.9. The molecule has 7 amide bonds. The third kappa shape index (κ3) is 41.8. The molecule has 30 nitrogen and oxygen atoms in total. The van der Waals surface area contributed by atoms with Gasteiger partial charge in [0.15, 0.2) is 35.1 Å². The number of aryl methyl sites for hydroxylation is 4. The Morgan fingerprint density at radius 1 is 0.434 bits per heavy atom.